The van der Waals surface area contributed by atoms with E-state index in [9.17, 15) is 4.39 Å². The zero-order valence-corrected chi connectivity index (χ0v) is 9.15. The van der Waals surface area contributed by atoms with Gasteiger partial charge in [0.05, 0.1) is 5.75 Å². The number of aromatic nitrogens is 3. The zero-order valence-electron chi connectivity index (χ0n) is 7.58. The SMILES string of the molecule is Fc1cccc(SCc2nc(Cl)n[nH]2)c1. The quantitative estimate of drug-likeness (QED) is 0.843. The van der Waals surface area contributed by atoms with Gasteiger partial charge in [-0.2, -0.15) is 0 Å². The van der Waals surface area contributed by atoms with Gasteiger partial charge in [0.1, 0.15) is 11.6 Å². The van der Waals surface area contributed by atoms with Gasteiger partial charge >= 0.3 is 0 Å². The molecule has 15 heavy (non-hydrogen) atoms. The maximum Gasteiger partial charge on any atom is 0.242 e. The highest BCUT2D eigenvalue weighted by Crippen LogP contribution is 2.21. The van der Waals surface area contributed by atoms with E-state index in [1.165, 1.54) is 23.9 Å². The van der Waals surface area contributed by atoms with Crippen LogP contribution in [0.3, 0.4) is 0 Å². The van der Waals surface area contributed by atoms with Gasteiger partial charge < -0.3 is 0 Å². The summed E-state index contributed by atoms with van der Waals surface area (Å²) < 4.78 is 12.8. The number of halogens is 2. The second-order valence-electron chi connectivity index (χ2n) is 2.80. The van der Waals surface area contributed by atoms with Crippen LogP contribution in [0.15, 0.2) is 29.2 Å². The molecule has 0 fully saturated rings. The summed E-state index contributed by atoms with van der Waals surface area (Å²) in [4.78, 5) is 4.78. The molecule has 0 unspecified atom stereocenters. The Kier molecular flexibility index (Phi) is 3.23. The van der Waals surface area contributed by atoms with Crippen molar-refractivity contribution in [1.82, 2.24) is 15.2 Å². The van der Waals surface area contributed by atoms with Crippen molar-refractivity contribution < 1.29 is 4.39 Å². The number of nitrogens with one attached hydrogen (secondary N) is 1. The molecule has 1 N–H and O–H groups in total. The summed E-state index contributed by atoms with van der Waals surface area (Å²) in [5.41, 5.74) is 0. The topological polar surface area (TPSA) is 41.6 Å². The molecule has 0 saturated carbocycles. The fourth-order valence-corrected chi connectivity index (χ4v) is 1.99. The Morgan fingerprint density at radius 3 is 3.00 bits per heavy atom. The smallest absolute Gasteiger partial charge is 0.242 e. The van der Waals surface area contributed by atoms with Crippen LogP contribution in [0.4, 0.5) is 4.39 Å². The molecule has 0 bridgehead atoms. The third-order valence-corrected chi connectivity index (χ3v) is 2.85. The molecule has 0 atom stereocenters. The number of thioether (sulfide) groups is 1. The third kappa shape index (κ3) is 2.94. The van der Waals surface area contributed by atoms with E-state index >= 15 is 0 Å². The standard InChI is InChI=1S/C9H7ClFN3S/c10-9-12-8(13-14-9)5-15-7-3-1-2-6(11)4-7/h1-4H,5H2,(H,12,13,14). The van der Waals surface area contributed by atoms with E-state index in [4.69, 9.17) is 11.6 Å². The number of aromatic amines is 1. The van der Waals surface area contributed by atoms with Gasteiger partial charge in [-0.25, -0.2) is 9.37 Å². The molecule has 3 nitrogen and oxygen atoms in total. The van der Waals surface area contributed by atoms with Crippen molar-refractivity contribution in [3.05, 3.63) is 41.2 Å². The van der Waals surface area contributed by atoms with Crippen molar-refractivity contribution in [2.75, 3.05) is 0 Å². The van der Waals surface area contributed by atoms with Crippen LogP contribution in [0.1, 0.15) is 5.82 Å². The van der Waals surface area contributed by atoms with Gasteiger partial charge in [-0.3, -0.25) is 5.10 Å². The van der Waals surface area contributed by atoms with E-state index in [0.717, 1.165) is 4.90 Å². The van der Waals surface area contributed by atoms with E-state index < -0.39 is 0 Å². The Bertz CT molecular complexity index is 460. The van der Waals surface area contributed by atoms with Crippen LogP contribution >= 0.6 is 23.4 Å². The molecule has 0 amide bonds. The number of benzene rings is 1. The Morgan fingerprint density at radius 1 is 1.47 bits per heavy atom. The first kappa shape index (κ1) is 10.4. The lowest BCUT2D eigenvalue weighted by molar-refractivity contribution is 0.624. The van der Waals surface area contributed by atoms with Crippen LogP contribution in [0.5, 0.6) is 0 Å². The first-order valence-electron chi connectivity index (χ1n) is 4.19. The third-order valence-electron chi connectivity index (χ3n) is 1.68. The molecule has 1 aromatic heterocycles. The predicted octanol–water partition coefficient (Wildman–Crippen LogP) is 2.89. The molecule has 1 heterocycles. The lowest BCUT2D eigenvalue weighted by Gasteiger charge is -1.98. The molecule has 0 saturated heterocycles. The lowest BCUT2D eigenvalue weighted by atomic mass is 10.4. The Hall–Kier alpha value is -1.07. The fourth-order valence-electron chi connectivity index (χ4n) is 1.05. The molecule has 0 spiro atoms. The number of hydrogen-bond acceptors (Lipinski definition) is 3. The first-order chi connectivity index (χ1) is 7.24. The second kappa shape index (κ2) is 4.63. The van der Waals surface area contributed by atoms with E-state index in [0.29, 0.717) is 11.6 Å². The first-order valence-corrected chi connectivity index (χ1v) is 5.55. The molecular weight excluding hydrogens is 237 g/mol. The Morgan fingerprint density at radius 2 is 2.33 bits per heavy atom. The summed E-state index contributed by atoms with van der Waals surface area (Å²) in [7, 11) is 0. The molecule has 6 heteroatoms. The van der Waals surface area contributed by atoms with Crippen molar-refractivity contribution >= 4 is 23.4 Å². The monoisotopic (exact) mass is 243 g/mol. The molecule has 2 rings (SSSR count). The van der Waals surface area contributed by atoms with E-state index in [1.54, 1.807) is 6.07 Å². The minimum Gasteiger partial charge on any atom is -0.261 e. The van der Waals surface area contributed by atoms with Crippen molar-refractivity contribution in [3.63, 3.8) is 0 Å². The fraction of sp³-hybridized carbons (Fsp3) is 0.111. The minimum absolute atomic E-state index is 0.199. The van der Waals surface area contributed by atoms with Gasteiger partial charge in [0, 0.05) is 4.90 Å². The van der Waals surface area contributed by atoms with E-state index in [-0.39, 0.29) is 11.1 Å². The zero-order chi connectivity index (χ0) is 10.7. The van der Waals surface area contributed by atoms with Crippen molar-refractivity contribution in [2.24, 2.45) is 0 Å². The highest BCUT2D eigenvalue weighted by Gasteiger charge is 2.02. The number of hydrogen-bond donors (Lipinski definition) is 1. The van der Waals surface area contributed by atoms with Gasteiger partial charge in [-0.15, -0.1) is 16.9 Å². The normalized spacial score (nSPS) is 10.5. The number of rotatable bonds is 3. The van der Waals surface area contributed by atoms with E-state index in [1.807, 2.05) is 6.07 Å². The minimum atomic E-state index is -0.240. The highest BCUT2D eigenvalue weighted by molar-refractivity contribution is 7.98. The van der Waals surface area contributed by atoms with Gasteiger partial charge in [0.25, 0.3) is 0 Å². The van der Waals surface area contributed by atoms with Crippen molar-refractivity contribution in [2.45, 2.75) is 10.6 Å². The summed E-state index contributed by atoms with van der Waals surface area (Å²) >= 11 is 7.01. The summed E-state index contributed by atoms with van der Waals surface area (Å²) in [5, 5.41) is 6.57. The molecule has 0 aliphatic rings. The highest BCUT2D eigenvalue weighted by atomic mass is 35.5. The van der Waals surface area contributed by atoms with Crippen LogP contribution in [0, 0.1) is 5.82 Å². The lowest BCUT2D eigenvalue weighted by Crippen LogP contribution is -1.84. The molecule has 0 radical (unpaired) electrons. The summed E-state index contributed by atoms with van der Waals surface area (Å²) in [6.45, 7) is 0. The van der Waals surface area contributed by atoms with Crippen molar-refractivity contribution in [3.8, 4) is 0 Å². The molecular formula is C9H7ClFN3S. The predicted molar refractivity (Wildman–Crippen MR) is 57.4 cm³/mol. The molecule has 0 aliphatic carbocycles. The van der Waals surface area contributed by atoms with Gasteiger partial charge in [0.15, 0.2) is 0 Å². The Labute approximate surface area is 95.1 Å². The van der Waals surface area contributed by atoms with Gasteiger partial charge in [-0.05, 0) is 29.8 Å². The van der Waals surface area contributed by atoms with Gasteiger partial charge in [0.2, 0.25) is 5.28 Å². The number of nitrogens with zero attached hydrogens (tertiary/aromatic N) is 2. The summed E-state index contributed by atoms with van der Waals surface area (Å²) in [6, 6.07) is 6.40. The maximum atomic E-state index is 12.8. The van der Waals surface area contributed by atoms with Gasteiger partial charge in [-0.1, -0.05) is 6.07 Å². The number of H-pyrrole nitrogens is 1. The van der Waals surface area contributed by atoms with Crippen LogP contribution in [0.2, 0.25) is 5.28 Å². The summed E-state index contributed by atoms with van der Waals surface area (Å²) in [5.74, 6) is 1.02. The molecule has 2 aromatic rings. The molecule has 0 aliphatic heterocycles. The van der Waals surface area contributed by atoms with Crippen LogP contribution < -0.4 is 0 Å². The average molecular weight is 244 g/mol. The van der Waals surface area contributed by atoms with E-state index in [2.05, 4.69) is 15.2 Å². The molecule has 78 valence electrons. The molecule has 1 aromatic carbocycles. The second-order valence-corrected chi connectivity index (χ2v) is 4.18. The Balaban J connectivity index is 1.99. The maximum absolute atomic E-state index is 12.8. The van der Waals surface area contributed by atoms with Crippen LogP contribution in [-0.4, -0.2) is 15.2 Å². The van der Waals surface area contributed by atoms with Crippen LogP contribution in [-0.2, 0) is 5.75 Å². The van der Waals surface area contributed by atoms with Crippen LogP contribution in [0.25, 0.3) is 0 Å². The average Bonchev–Trinajstić information content (AvgIpc) is 2.62. The summed E-state index contributed by atoms with van der Waals surface area (Å²) in [6.07, 6.45) is 0. The largest absolute Gasteiger partial charge is 0.261 e. The van der Waals surface area contributed by atoms with Crippen molar-refractivity contribution in [1.29, 1.82) is 0 Å².